The predicted molar refractivity (Wildman–Crippen MR) is 93.5 cm³/mol. The highest BCUT2D eigenvalue weighted by atomic mass is 79.9. The lowest BCUT2D eigenvalue weighted by Crippen LogP contribution is -2.19. The number of hydrogen-bond donors (Lipinski definition) is 0. The van der Waals surface area contributed by atoms with Crippen LogP contribution in [0.2, 0.25) is 5.02 Å². The van der Waals surface area contributed by atoms with Crippen LogP contribution in [0.25, 0.3) is 6.08 Å². The highest BCUT2D eigenvalue weighted by Gasteiger charge is 2.39. The van der Waals surface area contributed by atoms with E-state index in [1.54, 1.807) is 0 Å². The number of halogens is 6. The molecule has 0 N–H and O–H groups in total. The molecule has 0 radical (unpaired) electrons. The Bertz CT molecular complexity index is 807. The SMILES string of the molecule is Cc1cc(C(/C=C/c2ccc(C=O)c(Br)c2)C(F)(F)F)cc(Cl)c1F. The van der Waals surface area contributed by atoms with Gasteiger partial charge in [0.2, 0.25) is 0 Å². The van der Waals surface area contributed by atoms with E-state index < -0.39 is 17.9 Å². The second kappa shape index (κ2) is 7.70. The molecule has 0 aliphatic carbocycles. The fourth-order valence-corrected chi connectivity index (χ4v) is 3.06. The summed E-state index contributed by atoms with van der Waals surface area (Å²) < 4.78 is 54.3. The summed E-state index contributed by atoms with van der Waals surface area (Å²) in [5.74, 6) is -2.67. The average Bonchev–Trinajstić information content (AvgIpc) is 2.51. The van der Waals surface area contributed by atoms with Gasteiger partial charge in [-0.2, -0.15) is 13.2 Å². The van der Waals surface area contributed by atoms with Gasteiger partial charge in [0.15, 0.2) is 6.29 Å². The zero-order chi connectivity index (χ0) is 18.8. The zero-order valence-corrected chi connectivity index (χ0v) is 15.2. The summed E-state index contributed by atoms with van der Waals surface area (Å²) in [5.41, 5.74) is 0.779. The van der Waals surface area contributed by atoms with Crippen molar-refractivity contribution >= 4 is 39.9 Å². The number of rotatable bonds is 4. The van der Waals surface area contributed by atoms with E-state index in [1.807, 2.05) is 0 Å². The van der Waals surface area contributed by atoms with Crippen molar-refractivity contribution in [2.24, 2.45) is 0 Å². The van der Waals surface area contributed by atoms with Crippen molar-refractivity contribution in [1.29, 1.82) is 0 Å². The second-order valence-corrected chi connectivity index (χ2v) is 6.67. The van der Waals surface area contributed by atoms with E-state index in [1.165, 1.54) is 31.2 Å². The molecular weight excluding hydrogens is 424 g/mol. The molecule has 0 spiro atoms. The minimum Gasteiger partial charge on any atom is -0.298 e. The van der Waals surface area contributed by atoms with Crippen molar-refractivity contribution in [3.8, 4) is 0 Å². The van der Waals surface area contributed by atoms with Gasteiger partial charge in [-0.05, 0) is 41.8 Å². The van der Waals surface area contributed by atoms with E-state index in [2.05, 4.69) is 15.9 Å². The van der Waals surface area contributed by atoms with Crippen LogP contribution in [0.5, 0.6) is 0 Å². The largest absolute Gasteiger partial charge is 0.399 e. The predicted octanol–water partition coefficient (Wildman–Crippen LogP) is 6.72. The third kappa shape index (κ3) is 4.70. The molecule has 132 valence electrons. The van der Waals surface area contributed by atoms with Crippen LogP contribution in [0.4, 0.5) is 17.6 Å². The van der Waals surface area contributed by atoms with E-state index in [0.717, 1.165) is 18.2 Å². The third-order valence-electron chi connectivity index (χ3n) is 3.58. The van der Waals surface area contributed by atoms with Gasteiger partial charge in [0, 0.05) is 10.0 Å². The number of alkyl halides is 3. The fourth-order valence-electron chi connectivity index (χ4n) is 2.29. The van der Waals surface area contributed by atoms with Gasteiger partial charge in [0.1, 0.15) is 5.82 Å². The molecule has 0 heterocycles. The Morgan fingerprint density at radius 2 is 1.88 bits per heavy atom. The lowest BCUT2D eigenvalue weighted by Gasteiger charge is -2.18. The maximum absolute atomic E-state index is 13.6. The Morgan fingerprint density at radius 3 is 2.40 bits per heavy atom. The van der Waals surface area contributed by atoms with Crippen LogP contribution in [0.3, 0.4) is 0 Å². The van der Waals surface area contributed by atoms with Crippen molar-refractivity contribution in [3.05, 3.63) is 74.0 Å². The number of benzene rings is 2. The molecule has 0 aliphatic heterocycles. The van der Waals surface area contributed by atoms with Crippen molar-refractivity contribution in [2.45, 2.75) is 19.0 Å². The molecule has 25 heavy (non-hydrogen) atoms. The number of allylic oxidation sites excluding steroid dienone is 1. The van der Waals surface area contributed by atoms with Crippen LogP contribution in [-0.2, 0) is 0 Å². The first kappa shape index (κ1) is 19.7. The second-order valence-electron chi connectivity index (χ2n) is 5.41. The molecular formula is C18H12BrClF4O. The van der Waals surface area contributed by atoms with Crippen LogP contribution < -0.4 is 0 Å². The number of aryl methyl sites for hydroxylation is 1. The quantitative estimate of drug-likeness (QED) is 0.385. The first-order valence-corrected chi connectivity index (χ1v) is 8.25. The summed E-state index contributed by atoms with van der Waals surface area (Å²) >= 11 is 8.86. The molecule has 2 rings (SSSR count). The molecule has 1 atom stereocenters. The van der Waals surface area contributed by atoms with Crippen LogP contribution in [0, 0.1) is 12.7 Å². The molecule has 7 heteroatoms. The lowest BCUT2D eigenvalue weighted by atomic mass is 9.95. The van der Waals surface area contributed by atoms with Gasteiger partial charge in [-0.25, -0.2) is 4.39 Å². The lowest BCUT2D eigenvalue weighted by molar-refractivity contribution is -0.139. The molecule has 0 aromatic heterocycles. The molecule has 1 nitrogen and oxygen atoms in total. The Labute approximate surface area is 155 Å². The van der Waals surface area contributed by atoms with Crippen molar-refractivity contribution in [1.82, 2.24) is 0 Å². The first-order valence-electron chi connectivity index (χ1n) is 7.08. The minimum atomic E-state index is -4.57. The number of aldehydes is 1. The Morgan fingerprint density at radius 1 is 1.20 bits per heavy atom. The van der Waals surface area contributed by atoms with E-state index in [9.17, 15) is 22.4 Å². The van der Waals surface area contributed by atoms with Gasteiger partial charge < -0.3 is 0 Å². The van der Waals surface area contributed by atoms with Gasteiger partial charge in [0.05, 0.1) is 10.9 Å². The standard InChI is InChI=1S/C18H12BrClF4O/c1-10-6-13(8-16(20)17(10)21)14(18(22,23)24)5-3-11-2-4-12(9-25)15(19)7-11/h2-9,14H,1H3/b5-3+. The van der Waals surface area contributed by atoms with Gasteiger partial charge in [-0.1, -0.05) is 51.8 Å². The van der Waals surface area contributed by atoms with Crippen LogP contribution in [0.1, 0.15) is 33.0 Å². The Hall–Kier alpha value is -1.66. The van der Waals surface area contributed by atoms with Crippen molar-refractivity contribution in [3.63, 3.8) is 0 Å². The van der Waals surface area contributed by atoms with E-state index >= 15 is 0 Å². The molecule has 0 amide bonds. The molecule has 1 unspecified atom stereocenters. The monoisotopic (exact) mass is 434 g/mol. The Balaban J connectivity index is 2.43. The molecule has 2 aromatic rings. The smallest absolute Gasteiger partial charge is 0.298 e. The molecule has 0 aliphatic rings. The highest BCUT2D eigenvalue weighted by molar-refractivity contribution is 9.10. The zero-order valence-electron chi connectivity index (χ0n) is 12.9. The van der Waals surface area contributed by atoms with Crippen LogP contribution >= 0.6 is 27.5 Å². The Kier molecular flexibility index (Phi) is 6.06. The summed E-state index contributed by atoms with van der Waals surface area (Å²) in [6.07, 6.45) is -1.65. The maximum atomic E-state index is 13.6. The van der Waals surface area contributed by atoms with Gasteiger partial charge in [-0.15, -0.1) is 0 Å². The third-order valence-corrected chi connectivity index (χ3v) is 4.54. The van der Waals surface area contributed by atoms with Crippen LogP contribution in [0.15, 0.2) is 40.9 Å². The van der Waals surface area contributed by atoms with Gasteiger partial charge in [0.25, 0.3) is 0 Å². The highest BCUT2D eigenvalue weighted by Crippen LogP contribution is 2.38. The minimum absolute atomic E-state index is 0.0447. The summed E-state index contributed by atoms with van der Waals surface area (Å²) in [6, 6.07) is 6.68. The van der Waals surface area contributed by atoms with E-state index in [0.29, 0.717) is 21.9 Å². The first-order chi connectivity index (χ1) is 11.6. The van der Waals surface area contributed by atoms with Crippen molar-refractivity contribution in [2.75, 3.05) is 0 Å². The summed E-state index contributed by atoms with van der Waals surface area (Å²) in [6.45, 7) is 1.36. The molecule has 2 aromatic carbocycles. The number of carbonyl (C=O) groups excluding carboxylic acids is 1. The summed E-state index contributed by atoms with van der Waals surface area (Å²) in [5, 5.41) is -0.351. The van der Waals surface area contributed by atoms with E-state index in [4.69, 9.17) is 11.6 Å². The topological polar surface area (TPSA) is 17.1 Å². The molecule has 0 bridgehead atoms. The summed E-state index contributed by atoms with van der Waals surface area (Å²) in [4.78, 5) is 10.8. The van der Waals surface area contributed by atoms with E-state index in [-0.39, 0.29) is 16.1 Å². The maximum Gasteiger partial charge on any atom is 0.399 e. The molecule has 0 saturated carbocycles. The van der Waals surface area contributed by atoms with Gasteiger partial charge >= 0.3 is 6.18 Å². The van der Waals surface area contributed by atoms with Gasteiger partial charge in [-0.3, -0.25) is 4.79 Å². The average molecular weight is 436 g/mol. The molecule has 0 fully saturated rings. The fraction of sp³-hybridized carbons (Fsp3) is 0.167. The number of carbonyl (C=O) groups is 1. The normalized spacial score (nSPS) is 13.2. The van der Waals surface area contributed by atoms with Crippen molar-refractivity contribution < 1.29 is 22.4 Å². The summed E-state index contributed by atoms with van der Waals surface area (Å²) in [7, 11) is 0. The van der Waals surface area contributed by atoms with Crippen LogP contribution in [-0.4, -0.2) is 12.5 Å². The number of hydrogen-bond acceptors (Lipinski definition) is 1. The molecule has 0 saturated heterocycles.